The first-order valence-electron chi connectivity index (χ1n) is 6.34. The lowest BCUT2D eigenvalue weighted by molar-refractivity contribution is 1.18. The summed E-state index contributed by atoms with van der Waals surface area (Å²) in [5.74, 6) is 0. The van der Waals surface area contributed by atoms with Gasteiger partial charge in [0.1, 0.15) is 0 Å². The number of hydrogen-bond donors (Lipinski definition) is 1. The van der Waals surface area contributed by atoms with Crippen molar-refractivity contribution in [2.75, 3.05) is 5.32 Å². The van der Waals surface area contributed by atoms with Crippen molar-refractivity contribution in [3.8, 4) is 10.4 Å². The van der Waals surface area contributed by atoms with Crippen molar-refractivity contribution in [1.29, 1.82) is 0 Å². The highest BCUT2D eigenvalue weighted by atomic mass is 79.9. The van der Waals surface area contributed by atoms with Gasteiger partial charge in [0.2, 0.25) is 0 Å². The van der Waals surface area contributed by atoms with Crippen LogP contribution in [0.5, 0.6) is 0 Å². The van der Waals surface area contributed by atoms with Gasteiger partial charge in [-0.25, -0.2) is 0 Å². The van der Waals surface area contributed by atoms with E-state index in [1.54, 1.807) is 11.3 Å². The molecule has 0 unspecified atom stereocenters. The van der Waals surface area contributed by atoms with Crippen molar-refractivity contribution in [3.05, 3.63) is 62.1 Å². The van der Waals surface area contributed by atoms with Crippen LogP contribution in [-0.2, 0) is 6.54 Å². The Morgan fingerprint density at radius 2 is 2.05 bits per heavy atom. The summed E-state index contributed by atoms with van der Waals surface area (Å²) in [5.41, 5.74) is 3.78. The summed E-state index contributed by atoms with van der Waals surface area (Å²) in [4.78, 5) is 2.69. The lowest BCUT2D eigenvalue weighted by Crippen LogP contribution is -1.99. The Bertz CT molecular complexity index is 701. The van der Waals surface area contributed by atoms with Gasteiger partial charge in [0.15, 0.2) is 0 Å². The molecule has 1 nitrogen and oxygen atoms in total. The molecular weight excluding hydrogens is 350 g/mol. The summed E-state index contributed by atoms with van der Waals surface area (Å²) in [5, 5.41) is 7.87. The molecular formula is C16H14BrNS2. The van der Waals surface area contributed by atoms with Gasteiger partial charge in [-0.15, -0.1) is 22.7 Å². The van der Waals surface area contributed by atoms with Gasteiger partial charge >= 0.3 is 0 Å². The molecule has 0 aliphatic heterocycles. The maximum absolute atomic E-state index is 3.52. The molecule has 0 saturated heterocycles. The molecule has 20 heavy (non-hydrogen) atoms. The lowest BCUT2D eigenvalue weighted by atomic mass is 10.2. The first-order valence-corrected chi connectivity index (χ1v) is 8.89. The minimum Gasteiger partial charge on any atom is -0.380 e. The van der Waals surface area contributed by atoms with Crippen molar-refractivity contribution < 1.29 is 0 Å². The van der Waals surface area contributed by atoms with Crippen LogP contribution in [0.15, 0.2) is 51.6 Å². The average molecular weight is 364 g/mol. The van der Waals surface area contributed by atoms with Gasteiger partial charge in [0.25, 0.3) is 0 Å². The Kier molecular flexibility index (Phi) is 4.24. The van der Waals surface area contributed by atoms with Gasteiger partial charge in [0, 0.05) is 32.0 Å². The van der Waals surface area contributed by atoms with E-state index in [-0.39, 0.29) is 0 Å². The third-order valence-corrected chi connectivity index (χ3v) is 5.46. The van der Waals surface area contributed by atoms with E-state index < -0.39 is 0 Å². The van der Waals surface area contributed by atoms with Crippen molar-refractivity contribution in [2.24, 2.45) is 0 Å². The largest absolute Gasteiger partial charge is 0.380 e. The summed E-state index contributed by atoms with van der Waals surface area (Å²) < 4.78 is 1.11. The summed E-state index contributed by atoms with van der Waals surface area (Å²) in [6, 6.07) is 12.9. The van der Waals surface area contributed by atoms with Crippen molar-refractivity contribution in [1.82, 2.24) is 0 Å². The van der Waals surface area contributed by atoms with Gasteiger partial charge in [-0.3, -0.25) is 0 Å². The standard InChI is InChI=1S/C16H14BrNS2/c1-11-4-5-13(17)8-15(11)18-9-14-7-12(10-20-14)16-3-2-6-19-16/h2-8,10,18H,9H2,1H3. The van der Waals surface area contributed by atoms with Gasteiger partial charge in [-0.05, 0) is 47.5 Å². The second-order valence-corrected chi connectivity index (χ2v) is 7.45. The normalized spacial score (nSPS) is 10.7. The van der Waals surface area contributed by atoms with Crippen LogP contribution in [0.2, 0.25) is 0 Å². The van der Waals surface area contributed by atoms with E-state index in [1.165, 1.54) is 26.6 Å². The number of halogens is 1. The van der Waals surface area contributed by atoms with Crippen LogP contribution in [-0.4, -0.2) is 0 Å². The van der Waals surface area contributed by atoms with Gasteiger partial charge in [-0.1, -0.05) is 28.1 Å². The molecule has 0 saturated carbocycles. The Balaban J connectivity index is 1.71. The number of nitrogens with one attached hydrogen (secondary N) is 1. The van der Waals surface area contributed by atoms with Gasteiger partial charge in [0.05, 0.1) is 0 Å². The number of anilines is 1. The quantitative estimate of drug-likeness (QED) is 0.585. The summed E-state index contributed by atoms with van der Waals surface area (Å²) in [6.07, 6.45) is 0. The van der Waals surface area contributed by atoms with E-state index in [1.807, 2.05) is 11.3 Å². The Morgan fingerprint density at radius 1 is 1.15 bits per heavy atom. The van der Waals surface area contributed by atoms with E-state index in [2.05, 4.69) is 75.3 Å². The highest BCUT2D eigenvalue weighted by Crippen LogP contribution is 2.30. The molecule has 2 aromatic heterocycles. The zero-order valence-corrected chi connectivity index (χ0v) is 14.2. The minimum absolute atomic E-state index is 0.868. The minimum atomic E-state index is 0.868. The van der Waals surface area contributed by atoms with Crippen LogP contribution in [0, 0.1) is 6.92 Å². The van der Waals surface area contributed by atoms with E-state index >= 15 is 0 Å². The topological polar surface area (TPSA) is 12.0 Å². The summed E-state index contributed by atoms with van der Waals surface area (Å²) in [6.45, 7) is 2.99. The Labute approximate surface area is 135 Å². The van der Waals surface area contributed by atoms with E-state index in [0.29, 0.717) is 0 Å². The van der Waals surface area contributed by atoms with E-state index in [9.17, 15) is 0 Å². The van der Waals surface area contributed by atoms with E-state index in [4.69, 9.17) is 0 Å². The van der Waals surface area contributed by atoms with Gasteiger partial charge in [-0.2, -0.15) is 0 Å². The molecule has 0 fully saturated rings. The predicted molar refractivity (Wildman–Crippen MR) is 93.8 cm³/mol. The highest BCUT2D eigenvalue weighted by Gasteiger charge is 2.04. The molecule has 1 aromatic carbocycles. The molecule has 0 amide bonds. The average Bonchev–Trinajstić information content (AvgIpc) is 3.09. The van der Waals surface area contributed by atoms with Crippen LogP contribution >= 0.6 is 38.6 Å². The molecule has 2 heterocycles. The molecule has 0 radical (unpaired) electrons. The molecule has 0 atom stereocenters. The zero-order valence-electron chi connectivity index (χ0n) is 11.0. The maximum atomic E-state index is 3.52. The number of hydrogen-bond acceptors (Lipinski definition) is 3. The molecule has 0 spiro atoms. The van der Waals surface area contributed by atoms with Crippen LogP contribution in [0.3, 0.4) is 0 Å². The SMILES string of the molecule is Cc1ccc(Br)cc1NCc1cc(-c2cccs2)cs1. The maximum Gasteiger partial charge on any atom is 0.0494 e. The smallest absolute Gasteiger partial charge is 0.0494 e. The van der Waals surface area contributed by atoms with Crippen molar-refractivity contribution in [2.45, 2.75) is 13.5 Å². The van der Waals surface area contributed by atoms with Crippen LogP contribution in [0.4, 0.5) is 5.69 Å². The first-order chi connectivity index (χ1) is 9.72. The van der Waals surface area contributed by atoms with Crippen LogP contribution in [0.1, 0.15) is 10.4 Å². The summed E-state index contributed by atoms with van der Waals surface area (Å²) >= 11 is 7.11. The Morgan fingerprint density at radius 3 is 2.85 bits per heavy atom. The monoisotopic (exact) mass is 363 g/mol. The number of benzene rings is 1. The van der Waals surface area contributed by atoms with Crippen molar-refractivity contribution in [3.63, 3.8) is 0 Å². The molecule has 0 bridgehead atoms. The molecule has 3 aromatic rings. The second-order valence-electron chi connectivity index (χ2n) is 4.59. The second kappa shape index (κ2) is 6.12. The fourth-order valence-electron chi connectivity index (χ4n) is 2.01. The third-order valence-electron chi connectivity index (χ3n) is 3.11. The number of aryl methyl sites for hydroxylation is 1. The van der Waals surface area contributed by atoms with E-state index in [0.717, 1.165) is 11.0 Å². The molecule has 0 aliphatic carbocycles. The fraction of sp³-hybridized carbons (Fsp3) is 0.125. The Hall–Kier alpha value is -1.10. The molecule has 4 heteroatoms. The zero-order chi connectivity index (χ0) is 13.9. The van der Waals surface area contributed by atoms with Gasteiger partial charge < -0.3 is 5.32 Å². The van der Waals surface area contributed by atoms with Crippen LogP contribution < -0.4 is 5.32 Å². The highest BCUT2D eigenvalue weighted by molar-refractivity contribution is 9.10. The number of rotatable bonds is 4. The molecule has 0 aliphatic rings. The third kappa shape index (κ3) is 3.14. The molecule has 1 N–H and O–H groups in total. The predicted octanol–water partition coefficient (Wildman–Crippen LogP) is 6.16. The molecule has 3 rings (SSSR count). The fourth-order valence-corrected chi connectivity index (χ4v) is 3.99. The summed E-state index contributed by atoms with van der Waals surface area (Å²) in [7, 11) is 0. The van der Waals surface area contributed by atoms with Crippen molar-refractivity contribution >= 4 is 44.3 Å². The first kappa shape index (κ1) is 13.9. The van der Waals surface area contributed by atoms with Crippen LogP contribution in [0.25, 0.3) is 10.4 Å². The lowest BCUT2D eigenvalue weighted by Gasteiger charge is -2.08. The number of thiophene rings is 2. The molecule has 102 valence electrons.